The number of amides is 2. The second-order valence-electron chi connectivity index (χ2n) is 3.87. The van der Waals surface area contributed by atoms with Gasteiger partial charge in [-0.15, -0.1) is 0 Å². The fraction of sp³-hybridized carbons (Fsp3) is 0.364. The Hall–Kier alpha value is -2.71. The SMILES string of the molecule is O=C(O)CCC(NC(=O)NCc1cccnn1)C(=O)O. The summed E-state index contributed by atoms with van der Waals surface area (Å²) in [5.41, 5.74) is 0.514. The van der Waals surface area contributed by atoms with Crippen LogP contribution in [0.2, 0.25) is 0 Å². The highest BCUT2D eigenvalue weighted by atomic mass is 16.4. The van der Waals surface area contributed by atoms with E-state index in [4.69, 9.17) is 10.2 Å². The fourth-order valence-corrected chi connectivity index (χ4v) is 1.33. The van der Waals surface area contributed by atoms with E-state index in [-0.39, 0.29) is 19.4 Å². The van der Waals surface area contributed by atoms with Crippen molar-refractivity contribution in [1.29, 1.82) is 0 Å². The van der Waals surface area contributed by atoms with Crippen LogP contribution in [0.1, 0.15) is 18.5 Å². The van der Waals surface area contributed by atoms with Crippen molar-refractivity contribution in [1.82, 2.24) is 20.8 Å². The van der Waals surface area contributed by atoms with Gasteiger partial charge in [0.2, 0.25) is 0 Å². The minimum Gasteiger partial charge on any atom is -0.481 e. The molecule has 0 aliphatic rings. The Labute approximate surface area is 114 Å². The first kappa shape index (κ1) is 15.3. The van der Waals surface area contributed by atoms with E-state index in [1.807, 2.05) is 0 Å². The molecule has 1 rings (SSSR count). The number of carboxylic acids is 2. The van der Waals surface area contributed by atoms with E-state index in [0.29, 0.717) is 5.69 Å². The molecule has 2 amide bonds. The first-order valence-electron chi connectivity index (χ1n) is 5.74. The van der Waals surface area contributed by atoms with Gasteiger partial charge < -0.3 is 20.8 Å². The smallest absolute Gasteiger partial charge is 0.326 e. The van der Waals surface area contributed by atoms with Gasteiger partial charge in [-0.3, -0.25) is 4.79 Å². The predicted molar refractivity (Wildman–Crippen MR) is 65.7 cm³/mol. The van der Waals surface area contributed by atoms with Crippen LogP contribution in [0.4, 0.5) is 4.79 Å². The number of urea groups is 1. The number of hydrogen-bond acceptors (Lipinski definition) is 5. The number of aliphatic carboxylic acids is 2. The van der Waals surface area contributed by atoms with E-state index in [1.165, 1.54) is 6.20 Å². The zero-order chi connectivity index (χ0) is 15.0. The molecule has 108 valence electrons. The zero-order valence-electron chi connectivity index (χ0n) is 10.4. The van der Waals surface area contributed by atoms with Gasteiger partial charge in [0.05, 0.1) is 12.2 Å². The number of carbonyl (C=O) groups is 3. The van der Waals surface area contributed by atoms with Crippen LogP contribution in [0, 0.1) is 0 Å². The number of nitrogens with zero attached hydrogens (tertiary/aromatic N) is 2. The van der Waals surface area contributed by atoms with Crippen LogP contribution in [0.15, 0.2) is 18.3 Å². The molecule has 4 N–H and O–H groups in total. The summed E-state index contributed by atoms with van der Waals surface area (Å²) >= 11 is 0. The first-order chi connectivity index (χ1) is 9.49. The maximum atomic E-state index is 11.5. The van der Waals surface area contributed by atoms with Gasteiger partial charge in [0.1, 0.15) is 6.04 Å². The molecule has 9 nitrogen and oxygen atoms in total. The average Bonchev–Trinajstić information content (AvgIpc) is 2.41. The Bertz CT molecular complexity index is 479. The molecule has 1 unspecified atom stereocenters. The second-order valence-corrected chi connectivity index (χ2v) is 3.87. The lowest BCUT2D eigenvalue weighted by molar-refractivity contribution is -0.140. The molecule has 0 aliphatic carbocycles. The summed E-state index contributed by atoms with van der Waals surface area (Å²) in [6.45, 7) is 0.0882. The zero-order valence-corrected chi connectivity index (χ0v) is 10.4. The molecule has 0 bridgehead atoms. The van der Waals surface area contributed by atoms with E-state index in [9.17, 15) is 14.4 Å². The quantitative estimate of drug-likeness (QED) is 0.532. The summed E-state index contributed by atoms with van der Waals surface area (Å²) in [7, 11) is 0. The van der Waals surface area contributed by atoms with Crippen molar-refractivity contribution in [2.45, 2.75) is 25.4 Å². The Balaban J connectivity index is 2.41. The molecule has 1 aromatic rings. The molecule has 0 spiro atoms. The molecule has 1 atom stereocenters. The molecule has 0 saturated heterocycles. The number of rotatable bonds is 7. The fourth-order valence-electron chi connectivity index (χ4n) is 1.33. The monoisotopic (exact) mass is 282 g/mol. The van der Waals surface area contributed by atoms with Crippen molar-refractivity contribution >= 4 is 18.0 Å². The highest BCUT2D eigenvalue weighted by Gasteiger charge is 2.20. The Kier molecular flexibility index (Phi) is 5.88. The lowest BCUT2D eigenvalue weighted by Gasteiger charge is -2.14. The molecule has 0 aromatic carbocycles. The van der Waals surface area contributed by atoms with Gasteiger partial charge in [-0.1, -0.05) is 0 Å². The summed E-state index contributed by atoms with van der Waals surface area (Å²) in [6, 6.07) is 1.32. The molecule has 20 heavy (non-hydrogen) atoms. The molecule has 0 aliphatic heterocycles. The summed E-state index contributed by atoms with van der Waals surface area (Å²) in [6.07, 6.45) is 0.945. The van der Waals surface area contributed by atoms with Gasteiger partial charge >= 0.3 is 18.0 Å². The number of carboxylic acid groups (broad SMARTS) is 2. The largest absolute Gasteiger partial charge is 0.481 e. The minimum atomic E-state index is -1.29. The molecule has 0 radical (unpaired) electrons. The van der Waals surface area contributed by atoms with E-state index >= 15 is 0 Å². The third-order valence-corrected chi connectivity index (χ3v) is 2.31. The summed E-state index contributed by atoms with van der Waals surface area (Å²) in [5.74, 6) is -2.42. The van der Waals surface area contributed by atoms with Crippen LogP contribution in [0.25, 0.3) is 0 Å². The lowest BCUT2D eigenvalue weighted by Crippen LogP contribution is -2.46. The number of nitrogens with one attached hydrogen (secondary N) is 2. The maximum absolute atomic E-state index is 11.5. The van der Waals surface area contributed by atoms with E-state index < -0.39 is 24.0 Å². The van der Waals surface area contributed by atoms with Crippen molar-refractivity contribution in [3.8, 4) is 0 Å². The average molecular weight is 282 g/mol. The van der Waals surface area contributed by atoms with Crippen molar-refractivity contribution in [3.63, 3.8) is 0 Å². The van der Waals surface area contributed by atoms with Crippen LogP contribution in [-0.2, 0) is 16.1 Å². The van der Waals surface area contributed by atoms with Gasteiger partial charge in [-0.2, -0.15) is 10.2 Å². The van der Waals surface area contributed by atoms with Crippen molar-refractivity contribution < 1.29 is 24.6 Å². The standard InChI is InChI=1S/C11H14N4O5/c16-9(17)4-3-8(10(18)19)14-11(20)12-6-7-2-1-5-13-15-7/h1-2,5,8H,3-4,6H2,(H,16,17)(H,18,19)(H2,12,14,20). The Morgan fingerprint density at radius 1 is 1.30 bits per heavy atom. The third-order valence-electron chi connectivity index (χ3n) is 2.31. The van der Waals surface area contributed by atoms with Crippen LogP contribution in [0.5, 0.6) is 0 Å². The van der Waals surface area contributed by atoms with Gasteiger partial charge in [0, 0.05) is 12.6 Å². The van der Waals surface area contributed by atoms with Gasteiger partial charge in [-0.25, -0.2) is 9.59 Å². The summed E-state index contributed by atoms with van der Waals surface area (Å²) in [5, 5.41) is 29.3. The molecule has 9 heteroatoms. The summed E-state index contributed by atoms with van der Waals surface area (Å²) < 4.78 is 0. The highest BCUT2D eigenvalue weighted by Crippen LogP contribution is 1.98. The topological polar surface area (TPSA) is 142 Å². The van der Waals surface area contributed by atoms with Crippen LogP contribution >= 0.6 is 0 Å². The normalized spacial score (nSPS) is 11.4. The van der Waals surface area contributed by atoms with Crippen LogP contribution < -0.4 is 10.6 Å². The predicted octanol–water partition coefficient (Wildman–Crippen LogP) is -0.406. The summed E-state index contributed by atoms with van der Waals surface area (Å²) in [4.78, 5) is 32.7. The third kappa shape index (κ3) is 5.76. The number of hydrogen-bond donors (Lipinski definition) is 4. The van der Waals surface area contributed by atoms with Gasteiger partial charge in [-0.05, 0) is 18.6 Å². The molecule has 1 heterocycles. The van der Waals surface area contributed by atoms with Crippen LogP contribution in [-0.4, -0.2) is 44.4 Å². The van der Waals surface area contributed by atoms with E-state index in [2.05, 4.69) is 20.8 Å². The van der Waals surface area contributed by atoms with E-state index in [1.54, 1.807) is 12.1 Å². The Morgan fingerprint density at radius 2 is 2.05 bits per heavy atom. The van der Waals surface area contributed by atoms with Crippen molar-refractivity contribution in [2.75, 3.05) is 0 Å². The first-order valence-corrected chi connectivity index (χ1v) is 5.74. The lowest BCUT2D eigenvalue weighted by atomic mass is 10.1. The van der Waals surface area contributed by atoms with Crippen molar-refractivity contribution in [3.05, 3.63) is 24.0 Å². The molecule has 1 aromatic heterocycles. The van der Waals surface area contributed by atoms with Crippen LogP contribution in [0.3, 0.4) is 0 Å². The molecule has 0 fully saturated rings. The maximum Gasteiger partial charge on any atom is 0.326 e. The van der Waals surface area contributed by atoms with Crippen molar-refractivity contribution in [2.24, 2.45) is 0 Å². The van der Waals surface area contributed by atoms with Gasteiger partial charge in [0.15, 0.2) is 0 Å². The van der Waals surface area contributed by atoms with E-state index in [0.717, 1.165) is 0 Å². The Morgan fingerprint density at radius 3 is 2.60 bits per heavy atom. The van der Waals surface area contributed by atoms with Gasteiger partial charge in [0.25, 0.3) is 0 Å². The second kappa shape index (κ2) is 7.67. The number of carbonyl (C=O) groups excluding carboxylic acids is 1. The molecular formula is C11H14N4O5. The molecular weight excluding hydrogens is 268 g/mol. The minimum absolute atomic E-state index is 0.0882. The number of aromatic nitrogens is 2. The highest BCUT2D eigenvalue weighted by molar-refractivity contribution is 5.82. The molecule has 0 saturated carbocycles.